The number of nitrogens with zero attached hydrogens (tertiary/aromatic N) is 1. The van der Waals surface area contributed by atoms with Crippen LogP contribution in [0.5, 0.6) is 0 Å². The Labute approximate surface area is 93.4 Å². The number of aromatic nitrogens is 1. The summed E-state index contributed by atoms with van der Waals surface area (Å²) >= 11 is 6.90. The number of benzene rings is 1. The Morgan fingerprint density at radius 1 is 1.15 bits per heavy atom. The molecule has 0 aliphatic carbocycles. The maximum atomic E-state index is 4.33. The standard InChI is InChI=1S/C10H7Br2N/c1-6-2-7-4-8(11)5-13-10(7)9(12)3-6/h2-5H,1H3. The van der Waals surface area contributed by atoms with E-state index in [1.54, 1.807) is 0 Å². The second-order valence-corrected chi connectivity index (χ2v) is 4.74. The van der Waals surface area contributed by atoms with Gasteiger partial charge in [0.2, 0.25) is 0 Å². The van der Waals surface area contributed by atoms with E-state index in [4.69, 9.17) is 0 Å². The Bertz CT molecular complexity index is 460. The van der Waals surface area contributed by atoms with Crippen molar-refractivity contribution in [1.29, 1.82) is 0 Å². The number of rotatable bonds is 0. The smallest absolute Gasteiger partial charge is 0.0844 e. The third-order valence-electron chi connectivity index (χ3n) is 1.85. The lowest BCUT2D eigenvalue weighted by Crippen LogP contribution is -1.82. The molecule has 0 atom stereocenters. The van der Waals surface area contributed by atoms with E-state index in [-0.39, 0.29) is 0 Å². The molecule has 0 N–H and O–H groups in total. The monoisotopic (exact) mass is 299 g/mol. The maximum absolute atomic E-state index is 4.33. The van der Waals surface area contributed by atoms with E-state index in [0.717, 1.165) is 19.8 Å². The van der Waals surface area contributed by atoms with E-state index < -0.39 is 0 Å². The summed E-state index contributed by atoms with van der Waals surface area (Å²) in [6, 6.07) is 6.27. The molecular formula is C10H7Br2N. The SMILES string of the molecule is Cc1cc(Br)c2ncc(Br)cc2c1. The zero-order valence-corrected chi connectivity index (χ0v) is 10.2. The molecular weight excluding hydrogens is 294 g/mol. The van der Waals surface area contributed by atoms with E-state index >= 15 is 0 Å². The van der Waals surface area contributed by atoms with Crippen molar-refractivity contribution in [2.45, 2.75) is 6.92 Å². The molecule has 0 saturated carbocycles. The topological polar surface area (TPSA) is 12.9 Å². The number of pyridine rings is 1. The van der Waals surface area contributed by atoms with E-state index in [9.17, 15) is 0 Å². The first-order valence-corrected chi connectivity index (χ1v) is 5.47. The van der Waals surface area contributed by atoms with Crippen LogP contribution in [0.25, 0.3) is 10.9 Å². The fourth-order valence-electron chi connectivity index (χ4n) is 1.32. The molecule has 0 unspecified atom stereocenters. The lowest BCUT2D eigenvalue weighted by atomic mass is 10.1. The van der Waals surface area contributed by atoms with Crippen LogP contribution in [0, 0.1) is 6.92 Å². The molecule has 0 saturated heterocycles. The molecule has 66 valence electrons. The average molecular weight is 301 g/mol. The average Bonchev–Trinajstić information content (AvgIpc) is 2.02. The zero-order valence-electron chi connectivity index (χ0n) is 7.01. The highest BCUT2D eigenvalue weighted by atomic mass is 79.9. The van der Waals surface area contributed by atoms with Gasteiger partial charge in [0.25, 0.3) is 0 Å². The van der Waals surface area contributed by atoms with Gasteiger partial charge in [0.1, 0.15) is 0 Å². The Hall–Kier alpha value is -0.410. The van der Waals surface area contributed by atoms with Crippen LogP contribution in [0.1, 0.15) is 5.56 Å². The molecule has 2 aromatic rings. The Morgan fingerprint density at radius 3 is 2.69 bits per heavy atom. The summed E-state index contributed by atoms with van der Waals surface area (Å²) in [5.41, 5.74) is 2.24. The highest BCUT2D eigenvalue weighted by Crippen LogP contribution is 2.25. The van der Waals surface area contributed by atoms with Gasteiger partial charge in [-0.25, -0.2) is 0 Å². The van der Waals surface area contributed by atoms with Crippen LogP contribution >= 0.6 is 31.9 Å². The van der Waals surface area contributed by atoms with Crippen molar-refractivity contribution in [2.75, 3.05) is 0 Å². The van der Waals surface area contributed by atoms with Gasteiger partial charge >= 0.3 is 0 Å². The van der Waals surface area contributed by atoms with Crippen molar-refractivity contribution in [3.8, 4) is 0 Å². The number of hydrogen-bond acceptors (Lipinski definition) is 1. The molecule has 0 amide bonds. The van der Waals surface area contributed by atoms with Gasteiger partial charge in [0.15, 0.2) is 0 Å². The second-order valence-electron chi connectivity index (χ2n) is 2.97. The molecule has 0 aliphatic heterocycles. The summed E-state index contributed by atoms with van der Waals surface area (Å²) in [6.45, 7) is 2.07. The summed E-state index contributed by atoms with van der Waals surface area (Å²) in [4.78, 5) is 4.33. The normalized spacial score (nSPS) is 10.7. The van der Waals surface area contributed by atoms with Gasteiger partial charge < -0.3 is 0 Å². The van der Waals surface area contributed by atoms with Crippen molar-refractivity contribution in [2.24, 2.45) is 0 Å². The Kier molecular flexibility index (Phi) is 2.39. The lowest BCUT2D eigenvalue weighted by Gasteiger charge is -2.01. The minimum Gasteiger partial charge on any atom is -0.254 e. The quantitative estimate of drug-likeness (QED) is 0.715. The minimum absolute atomic E-state index is 1.01. The highest BCUT2D eigenvalue weighted by molar-refractivity contribution is 9.11. The highest BCUT2D eigenvalue weighted by Gasteiger charge is 2.01. The van der Waals surface area contributed by atoms with Crippen LogP contribution in [0.3, 0.4) is 0 Å². The maximum Gasteiger partial charge on any atom is 0.0844 e. The third-order valence-corrected chi connectivity index (χ3v) is 2.89. The molecule has 0 aliphatic rings. The largest absolute Gasteiger partial charge is 0.254 e. The summed E-state index contributed by atoms with van der Waals surface area (Å²) in [7, 11) is 0. The zero-order chi connectivity index (χ0) is 9.42. The molecule has 0 radical (unpaired) electrons. The predicted octanol–water partition coefficient (Wildman–Crippen LogP) is 4.07. The van der Waals surface area contributed by atoms with Crippen molar-refractivity contribution >= 4 is 42.8 Å². The Balaban J connectivity index is 2.86. The van der Waals surface area contributed by atoms with Gasteiger partial charge in [-0.1, -0.05) is 0 Å². The number of fused-ring (bicyclic) bond motifs is 1. The first kappa shape index (κ1) is 9.16. The molecule has 3 heteroatoms. The summed E-state index contributed by atoms with van der Waals surface area (Å²) in [5, 5.41) is 1.15. The van der Waals surface area contributed by atoms with Gasteiger partial charge in [0.05, 0.1) is 5.52 Å². The molecule has 0 fully saturated rings. The predicted molar refractivity (Wildman–Crippen MR) is 61.9 cm³/mol. The van der Waals surface area contributed by atoms with Gasteiger partial charge in [0, 0.05) is 20.5 Å². The first-order chi connectivity index (χ1) is 6.16. The van der Waals surface area contributed by atoms with Gasteiger partial charge in [-0.15, -0.1) is 0 Å². The minimum atomic E-state index is 1.01. The molecule has 1 aromatic carbocycles. The number of halogens is 2. The summed E-state index contributed by atoms with van der Waals surface area (Å²) < 4.78 is 2.06. The van der Waals surface area contributed by atoms with Crippen LogP contribution in [-0.4, -0.2) is 4.98 Å². The third kappa shape index (κ3) is 1.76. The molecule has 0 bridgehead atoms. The van der Waals surface area contributed by atoms with Crippen molar-refractivity contribution < 1.29 is 0 Å². The van der Waals surface area contributed by atoms with Gasteiger partial charge in [-0.2, -0.15) is 0 Å². The molecule has 13 heavy (non-hydrogen) atoms. The van der Waals surface area contributed by atoms with Gasteiger partial charge in [-0.3, -0.25) is 4.98 Å². The van der Waals surface area contributed by atoms with Crippen LogP contribution in [0.2, 0.25) is 0 Å². The van der Waals surface area contributed by atoms with Crippen molar-refractivity contribution in [3.05, 3.63) is 38.9 Å². The fourth-order valence-corrected chi connectivity index (χ4v) is 2.36. The fraction of sp³-hybridized carbons (Fsp3) is 0.100. The van der Waals surface area contributed by atoms with Crippen molar-refractivity contribution in [1.82, 2.24) is 4.98 Å². The summed E-state index contributed by atoms with van der Waals surface area (Å²) in [6.07, 6.45) is 1.81. The number of hydrogen-bond donors (Lipinski definition) is 0. The second kappa shape index (κ2) is 3.39. The molecule has 1 nitrogen and oxygen atoms in total. The summed E-state index contributed by atoms with van der Waals surface area (Å²) in [5.74, 6) is 0. The van der Waals surface area contributed by atoms with E-state index in [1.807, 2.05) is 6.20 Å². The molecule has 1 heterocycles. The van der Waals surface area contributed by atoms with Crippen LogP contribution in [-0.2, 0) is 0 Å². The van der Waals surface area contributed by atoms with Crippen LogP contribution < -0.4 is 0 Å². The van der Waals surface area contributed by atoms with E-state index in [2.05, 4.69) is 62.0 Å². The van der Waals surface area contributed by atoms with Gasteiger partial charge in [-0.05, 0) is 62.5 Å². The Morgan fingerprint density at radius 2 is 1.92 bits per heavy atom. The molecule has 2 rings (SSSR count). The van der Waals surface area contributed by atoms with Crippen LogP contribution in [0.15, 0.2) is 33.3 Å². The number of aryl methyl sites for hydroxylation is 1. The first-order valence-electron chi connectivity index (χ1n) is 3.88. The molecule has 1 aromatic heterocycles. The van der Waals surface area contributed by atoms with Crippen LogP contribution in [0.4, 0.5) is 0 Å². The van der Waals surface area contributed by atoms with E-state index in [0.29, 0.717) is 0 Å². The van der Waals surface area contributed by atoms with Crippen molar-refractivity contribution in [3.63, 3.8) is 0 Å². The molecule has 0 spiro atoms. The van der Waals surface area contributed by atoms with E-state index in [1.165, 1.54) is 5.56 Å². The lowest BCUT2D eigenvalue weighted by molar-refractivity contribution is 1.36.